The van der Waals surface area contributed by atoms with Gasteiger partial charge in [-0.15, -0.1) is 25.6 Å². The Kier molecular flexibility index (Phi) is 7.91. The van der Waals surface area contributed by atoms with Crippen LogP contribution in [0.3, 0.4) is 0 Å². The highest BCUT2D eigenvalue weighted by Gasteiger charge is 2.41. The Morgan fingerprint density at radius 3 is 2.22 bits per heavy atom. The Morgan fingerprint density at radius 2 is 1.83 bits per heavy atom. The van der Waals surface area contributed by atoms with Crippen molar-refractivity contribution in [2.24, 2.45) is 0 Å². The molecule has 0 unspecified atom stereocenters. The lowest BCUT2D eigenvalue weighted by Crippen LogP contribution is -2.55. The molecule has 5 heteroatoms. The summed E-state index contributed by atoms with van der Waals surface area (Å²) in [6.45, 7) is 10.0. The Balaban J connectivity index is 0.00000289. The molecular weight excluding hydrogens is 252 g/mol. The molecule has 1 N–H and O–H groups in total. The summed E-state index contributed by atoms with van der Waals surface area (Å²) in [6.07, 6.45) is 4.89. The molecule has 0 spiro atoms. The van der Waals surface area contributed by atoms with Crippen LogP contribution in [-0.2, 0) is 9.53 Å². The molecule has 1 heterocycles. The summed E-state index contributed by atoms with van der Waals surface area (Å²) in [4.78, 5) is 14.2. The molecule has 104 valence electrons. The van der Waals surface area contributed by atoms with Crippen LogP contribution in [0.25, 0.3) is 0 Å². The van der Waals surface area contributed by atoms with Gasteiger partial charge in [0.2, 0.25) is 0 Å². The Hall–Kier alpha value is -0.840. The number of hydrogen-bond acceptors (Lipinski definition) is 3. The average molecular weight is 275 g/mol. The molecule has 4 nitrogen and oxygen atoms in total. The molecule has 0 saturated carbocycles. The fraction of sp³-hybridized carbons (Fsp3) is 0.615. The molecule has 18 heavy (non-hydrogen) atoms. The summed E-state index contributed by atoms with van der Waals surface area (Å²) < 4.78 is 5.51. The van der Waals surface area contributed by atoms with Gasteiger partial charge in [0.15, 0.2) is 0 Å². The van der Waals surface area contributed by atoms with Crippen molar-refractivity contribution in [3.8, 4) is 0 Å². The SMILES string of the molecule is C=CCN(CC=C)C(=O)C1(OC)CCNCC1.Cl. The van der Waals surface area contributed by atoms with Crippen LogP contribution in [-0.4, -0.2) is 49.7 Å². The third-order valence-electron chi connectivity index (χ3n) is 3.18. The van der Waals surface area contributed by atoms with Crippen LogP contribution in [0, 0.1) is 0 Å². The zero-order chi connectivity index (χ0) is 12.7. The minimum absolute atomic E-state index is 0. The molecular formula is C13H23ClN2O2. The van der Waals surface area contributed by atoms with Crippen molar-refractivity contribution in [1.29, 1.82) is 0 Å². The van der Waals surface area contributed by atoms with E-state index in [-0.39, 0.29) is 18.3 Å². The van der Waals surface area contributed by atoms with Crippen molar-refractivity contribution >= 4 is 18.3 Å². The molecule has 0 aliphatic carbocycles. The highest BCUT2D eigenvalue weighted by molar-refractivity contribution is 5.86. The predicted molar refractivity (Wildman–Crippen MR) is 76.1 cm³/mol. The molecule has 1 saturated heterocycles. The van der Waals surface area contributed by atoms with Crippen LogP contribution in [0.1, 0.15) is 12.8 Å². The number of hydrogen-bond donors (Lipinski definition) is 1. The highest BCUT2D eigenvalue weighted by Crippen LogP contribution is 2.25. The maximum atomic E-state index is 12.5. The highest BCUT2D eigenvalue weighted by atomic mass is 35.5. The molecule has 0 atom stereocenters. The number of ether oxygens (including phenoxy) is 1. The number of carbonyl (C=O) groups is 1. The van der Waals surface area contributed by atoms with Gasteiger partial charge in [0.25, 0.3) is 5.91 Å². The van der Waals surface area contributed by atoms with Crippen molar-refractivity contribution in [3.05, 3.63) is 25.3 Å². The minimum atomic E-state index is -0.669. The fourth-order valence-electron chi connectivity index (χ4n) is 2.18. The van der Waals surface area contributed by atoms with E-state index in [1.54, 1.807) is 24.2 Å². The molecule has 1 aliphatic heterocycles. The number of halogens is 1. The number of amides is 1. The molecule has 0 bridgehead atoms. The van der Waals surface area contributed by atoms with Crippen LogP contribution >= 0.6 is 12.4 Å². The van der Waals surface area contributed by atoms with Gasteiger partial charge in [-0.05, 0) is 25.9 Å². The van der Waals surface area contributed by atoms with Crippen LogP contribution in [0.2, 0.25) is 0 Å². The van der Waals surface area contributed by atoms with Gasteiger partial charge in [0.05, 0.1) is 0 Å². The smallest absolute Gasteiger partial charge is 0.255 e. The lowest BCUT2D eigenvalue weighted by molar-refractivity contribution is -0.157. The summed E-state index contributed by atoms with van der Waals surface area (Å²) in [5.41, 5.74) is -0.669. The molecule has 1 fully saturated rings. The van der Waals surface area contributed by atoms with E-state index in [1.165, 1.54) is 0 Å². The monoisotopic (exact) mass is 274 g/mol. The summed E-state index contributed by atoms with van der Waals surface area (Å²) >= 11 is 0. The van der Waals surface area contributed by atoms with E-state index in [1.807, 2.05) is 0 Å². The van der Waals surface area contributed by atoms with E-state index in [0.717, 1.165) is 13.1 Å². The van der Waals surface area contributed by atoms with Gasteiger partial charge >= 0.3 is 0 Å². The minimum Gasteiger partial charge on any atom is -0.368 e. The number of carbonyl (C=O) groups excluding carboxylic acids is 1. The third kappa shape index (κ3) is 3.83. The van der Waals surface area contributed by atoms with Gasteiger partial charge in [0.1, 0.15) is 5.60 Å². The zero-order valence-electron chi connectivity index (χ0n) is 11.0. The average Bonchev–Trinajstić information content (AvgIpc) is 2.38. The van der Waals surface area contributed by atoms with Crippen molar-refractivity contribution < 1.29 is 9.53 Å². The maximum Gasteiger partial charge on any atom is 0.255 e. The summed E-state index contributed by atoms with van der Waals surface area (Å²) in [6, 6.07) is 0. The van der Waals surface area contributed by atoms with Gasteiger partial charge < -0.3 is 15.0 Å². The molecule has 0 aromatic heterocycles. The van der Waals surface area contributed by atoms with Crippen molar-refractivity contribution in [2.75, 3.05) is 33.3 Å². The van der Waals surface area contributed by atoms with E-state index < -0.39 is 5.60 Å². The van der Waals surface area contributed by atoms with Gasteiger partial charge in [-0.1, -0.05) is 12.2 Å². The Morgan fingerprint density at radius 1 is 1.33 bits per heavy atom. The van der Waals surface area contributed by atoms with Crippen LogP contribution in [0.15, 0.2) is 25.3 Å². The van der Waals surface area contributed by atoms with Gasteiger partial charge in [0, 0.05) is 20.2 Å². The quantitative estimate of drug-likeness (QED) is 0.744. The summed E-state index contributed by atoms with van der Waals surface area (Å²) in [7, 11) is 1.61. The van der Waals surface area contributed by atoms with E-state index in [9.17, 15) is 4.79 Å². The first-order valence-corrected chi connectivity index (χ1v) is 5.97. The maximum absolute atomic E-state index is 12.5. The Bertz CT molecular complexity index is 279. The first-order chi connectivity index (χ1) is 8.20. The van der Waals surface area contributed by atoms with Crippen molar-refractivity contribution in [1.82, 2.24) is 10.2 Å². The number of piperidine rings is 1. The zero-order valence-corrected chi connectivity index (χ0v) is 11.8. The summed E-state index contributed by atoms with van der Waals surface area (Å²) in [5.74, 6) is 0.0429. The van der Waals surface area contributed by atoms with Gasteiger partial charge in [-0.3, -0.25) is 4.79 Å². The Labute approximate surface area is 115 Å². The normalized spacial score (nSPS) is 17.4. The second-order valence-corrected chi connectivity index (χ2v) is 4.24. The topological polar surface area (TPSA) is 41.6 Å². The third-order valence-corrected chi connectivity index (χ3v) is 3.18. The fourth-order valence-corrected chi connectivity index (χ4v) is 2.18. The number of rotatable bonds is 6. The molecule has 1 amide bonds. The molecule has 0 aromatic carbocycles. The van der Waals surface area contributed by atoms with Crippen LogP contribution in [0.4, 0.5) is 0 Å². The summed E-state index contributed by atoms with van der Waals surface area (Å²) in [5, 5.41) is 3.24. The second-order valence-electron chi connectivity index (χ2n) is 4.24. The van der Waals surface area contributed by atoms with Crippen LogP contribution < -0.4 is 5.32 Å². The molecule has 0 aromatic rings. The standard InChI is InChI=1S/C13H22N2O2.ClH/c1-4-10-15(11-5-2)12(16)13(17-3)6-8-14-9-7-13;/h4-5,14H,1-2,6-11H2,3H3;1H. The predicted octanol–water partition coefficient (Wildman–Crippen LogP) is 1.38. The van der Waals surface area contributed by atoms with E-state index in [0.29, 0.717) is 25.9 Å². The number of nitrogens with one attached hydrogen (secondary N) is 1. The molecule has 0 radical (unpaired) electrons. The van der Waals surface area contributed by atoms with Crippen molar-refractivity contribution in [3.63, 3.8) is 0 Å². The van der Waals surface area contributed by atoms with Crippen LogP contribution in [0.5, 0.6) is 0 Å². The van der Waals surface area contributed by atoms with E-state index in [4.69, 9.17) is 4.74 Å². The molecule has 1 aliphatic rings. The van der Waals surface area contributed by atoms with E-state index >= 15 is 0 Å². The van der Waals surface area contributed by atoms with Gasteiger partial charge in [-0.25, -0.2) is 0 Å². The van der Waals surface area contributed by atoms with Gasteiger partial charge in [-0.2, -0.15) is 0 Å². The second kappa shape index (κ2) is 8.29. The number of nitrogens with zero attached hydrogens (tertiary/aromatic N) is 1. The van der Waals surface area contributed by atoms with E-state index in [2.05, 4.69) is 18.5 Å². The first-order valence-electron chi connectivity index (χ1n) is 5.97. The largest absolute Gasteiger partial charge is 0.368 e. The number of methoxy groups -OCH3 is 1. The lowest BCUT2D eigenvalue weighted by Gasteiger charge is -2.38. The lowest BCUT2D eigenvalue weighted by atomic mass is 9.90. The van der Waals surface area contributed by atoms with Crippen molar-refractivity contribution in [2.45, 2.75) is 18.4 Å². The molecule has 1 rings (SSSR count). The first kappa shape index (κ1) is 17.2.